The summed E-state index contributed by atoms with van der Waals surface area (Å²) in [6.07, 6.45) is 2.83. The van der Waals surface area contributed by atoms with Gasteiger partial charge in [-0.25, -0.2) is 9.97 Å². The van der Waals surface area contributed by atoms with Gasteiger partial charge in [-0.3, -0.25) is 4.79 Å². The molecule has 0 bridgehead atoms. The van der Waals surface area contributed by atoms with Gasteiger partial charge in [-0.05, 0) is 6.07 Å². The summed E-state index contributed by atoms with van der Waals surface area (Å²) in [6.45, 7) is 0. The Hall–Kier alpha value is -1.30. The Morgan fingerprint density at radius 1 is 1.33 bits per heavy atom. The van der Waals surface area contributed by atoms with Crippen molar-refractivity contribution in [3.05, 3.63) is 39.5 Å². The van der Waals surface area contributed by atoms with Crippen LogP contribution in [0.2, 0.25) is 15.2 Å². The van der Waals surface area contributed by atoms with Crippen LogP contribution in [0.15, 0.2) is 18.6 Å². The molecule has 0 fully saturated rings. The fraction of sp³-hybridized carbons (Fsp3) is 0.100. The molecule has 0 unspecified atom stereocenters. The predicted octanol–water partition coefficient (Wildman–Crippen LogP) is 3.03. The second-order valence-corrected chi connectivity index (χ2v) is 4.61. The summed E-state index contributed by atoms with van der Waals surface area (Å²) >= 11 is 17.4. The topological polar surface area (TPSA) is 59.8 Å². The summed E-state index contributed by atoms with van der Waals surface area (Å²) in [7, 11) is 1.70. The van der Waals surface area contributed by atoms with Gasteiger partial charge in [0.15, 0.2) is 11.0 Å². The number of carbonyl (C=O) groups is 1. The van der Waals surface area contributed by atoms with Gasteiger partial charge in [0.25, 0.3) is 5.91 Å². The molecular formula is C10H7Cl3N4O. The lowest BCUT2D eigenvalue weighted by molar-refractivity contribution is 0.101. The third-order valence-electron chi connectivity index (χ3n) is 2.18. The standard InChI is InChI=1S/C10H7Cl3N4O/c1-17-3-5(11)2-6(17)10(18)16-9-7(12)8(13)14-4-15-9/h2-4H,1H3,(H,14,15,16,18). The minimum Gasteiger partial charge on any atom is -0.345 e. The van der Waals surface area contributed by atoms with Crippen molar-refractivity contribution in [2.45, 2.75) is 0 Å². The van der Waals surface area contributed by atoms with E-state index >= 15 is 0 Å². The van der Waals surface area contributed by atoms with E-state index in [9.17, 15) is 4.79 Å². The van der Waals surface area contributed by atoms with Gasteiger partial charge in [-0.2, -0.15) is 0 Å². The summed E-state index contributed by atoms with van der Waals surface area (Å²) in [6, 6.07) is 1.54. The molecule has 0 saturated heterocycles. The lowest BCUT2D eigenvalue weighted by atomic mass is 10.4. The summed E-state index contributed by atoms with van der Waals surface area (Å²) in [5, 5.41) is 3.17. The molecule has 1 N–H and O–H groups in total. The van der Waals surface area contributed by atoms with E-state index in [1.165, 1.54) is 12.4 Å². The van der Waals surface area contributed by atoms with Crippen LogP contribution < -0.4 is 5.32 Å². The van der Waals surface area contributed by atoms with Gasteiger partial charge in [-0.15, -0.1) is 0 Å². The molecule has 5 nitrogen and oxygen atoms in total. The zero-order chi connectivity index (χ0) is 13.3. The normalized spacial score (nSPS) is 10.4. The number of rotatable bonds is 2. The molecule has 2 heterocycles. The quantitative estimate of drug-likeness (QED) is 0.868. The molecule has 2 aromatic rings. The van der Waals surface area contributed by atoms with Crippen LogP contribution in [0, 0.1) is 0 Å². The third kappa shape index (κ3) is 2.58. The summed E-state index contributed by atoms with van der Waals surface area (Å²) in [5.41, 5.74) is 0.380. The van der Waals surface area contributed by atoms with Gasteiger partial charge >= 0.3 is 0 Å². The van der Waals surface area contributed by atoms with Crippen LogP contribution in [-0.2, 0) is 7.05 Å². The molecule has 0 spiro atoms. The maximum absolute atomic E-state index is 12.0. The van der Waals surface area contributed by atoms with E-state index in [0.717, 1.165) is 0 Å². The van der Waals surface area contributed by atoms with Gasteiger partial charge in [0.05, 0.1) is 5.02 Å². The average molecular weight is 306 g/mol. The highest BCUT2D eigenvalue weighted by molar-refractivity contribution is 6.43. The van der Waals surface area contributed by atoms with Gasteiger partial charge in [0, 0.05) is 13.2 Å². The number of amides is 1. The Labute approximate surface area is 118 Å². The van der Waals surface area contributed by atoms with Crippen LogP contribution in [-0.4, -0.2) is 20.4 Å². The van der Waals surface area contributed by atoms with Crippen LogP contribution in [0.3, 0.4) is 0 Å². The zero-order valence-electron chi connectivity index (χ0n) is 9.12. The lowest BCUT2D eigenvalue weighted by Crippen LogP contribution is -2.16. The molecular weight excluding hydrogens is 298 g/mol. The van der Waals surface area contributed by atoms with E-state index < -0.39 is 0 Å². The molecule has 18 heavy (non-hydrogen) atoms. The largest absolute Gasteiger partial charge is 0.345 e. The molecule has 0 aliphatic rings. The van der Waals surface area contributed by atoms with Crippen LogP contribution in [0.25, 0.3) is 0 Å². The van der Waals surface area contributed by atoms with Crippen molar-refractivity contribution in [2.24, 2.45) is 7.05 Å². The number of carbonyl (C=O) groups excluding carboxylic acids is 1. The average Bonchev–Trinajstić information content (AvgIpc) is 2.64. The smallest absolute Gasteiger partial charge is 0.273 e. The summed E-state index contributed by atoms with van der Waals surface area (Å²) in [4.78, 5) is 19.5. The van der Waals surface area contributed by atoms with E-state index in [4.69, 9.17) is 34.8 Å². The Bertz CT molecular complexity index is 611. The van der Waals surface area contributed by atoms with Crippen molar-refractivity contribution >= 4 is 46.5 Å². The number of anilines is 1. The lowest BCUT2D eigenvalue weighted by Gasteiger charge is -2.06. The molecule has 8 heteroatoms. The number of nitrogens with zero attached hydrogens (tertiary/aromatic N) is 3. The summed E-state index contributed by atoms with van der Waals surface area (Å²) < 4.78 is 1.59. The Morgan fingerprint density at radius 3 is 2.67 bits per heavy atom. The molecule has 0 radical (unpaired) electrons. The number of nitrogens with one attached hydrogen (secondary N) is 1. The van der Waals surface area contributed by atoms with Crippen LogP contribution in [0.4, 0.5) is 5.82 Å². The van der Waals surface area contributed by atoms with Crippen molar-refractivity contribution in [3.8, 4) is 0 Å². The number of hydrogen-bond donors (Lipinski definition) is 1. The van der Waals surface area contributed by atoms with Crippen molar-refractivity contribution in [3.63, 3.8) is 0 Å². The van der Waals surface area contributed by atoms with E-state index in [2.05, 4.69) is 15.3 Å². The molecule has 2 aromatic heterocycles. The predicted molar refractivity (Wildman–Crippen MR) is 70.4 cm³/mol. The Kier molecular flexibility index (Phi) is 3.75. The number of halogens is 3. The molecule has 0 aliphatic carbocycles. The van der Waals surface area contributed by atoms with Crippen LogP contribution in [0.1, 0.15) is 10.5 Å². The number of aryl methyl sites for hydroxylation is 1. The molecule has 0 saturated carbocycles. The maximum Gasteiger partial charge on any atom is 0.273 e. The second-order valence-electron chi connectivity index (χ2n) is 3.44. The number of aromatic nitrogens is 3. The van der Waals surface area contributed by atoms with Crippen LogP contribution >= 0.6 is 34.8 Å². The SMILES string of the molecule is Cn1cc(Cl)cc1C(=O)Nc1ncnc(Cl)c1Cl. The second kappa shape index (κ2) is 5.14. The zero-order valence-corrected chi connectivity index (χ0v) is 11.4. The number of hydrogen-bond acceptors (Lipinski definition) is 3. The molecule has 2 rings (SSSR count). The molecule has 0 atom stereocenters. The maximum atomic E-state index is 12.0. The van der Waals surface area contributed by atoms with E-state index in [1.54, 1.807) is 17.8 Å². The van der Waals surface area contributed by atoms with E-state index in [-0.39, 0.29) is 21.9 Å². The highest BCUT2D eigenvalue weighted by Gasteiger charge is 2.15. The van der Waals surface area contributed by atoms with Crippen molar-refractivity contribution in [1.29, 1.82) is 0 Å². The third-order valence-corrected chi connectivity index (χ3v) is 3.13. The van der Waals surface area contributed by atoms with Gasteiger partial charge < -0.3 is 9.88 Å². The molecule has 94 valence electrons. The highest BCUT2D eigenvalue weighted by Crippen LogP contribution is 2.26. The first kappa shape index (κ1) is 13.1. The highest BCUT2D eigenvalue weighted by atomic mass is 35.5. The molecule has 0 aliphatic heterocycles. The van der Waals surface area contributed by atoms with Gasteiger partial charge in [0.2, 0.25) is 0 Å². The van der Waals surface area contributed by atoms with Gasteiger partial charge in [0.1, 0.15) is 17.0 Å². The van der Waals surface area contributed by atoms with E-state index in [1.807, 2.05) is 0 Å². The minimum atomic E-state index is -0.388. The molecule has 0 aromatic carbocycles. The van der Waals surface area contributed by atoms with Crippen molar-refractivity contribution in [2.75, 3.05) is 5.32 Å². The van der Waals surface area contributed by atoms with Crippen molar-refractivity contribution in [1.82, 2.24) is 14.5 Å². The van der Waals surface area contributed by atoms with Crippen molar-refractivity contribution < 1.29 is 4.79 Å². The first-order valence-corrected chi connectivity index (χ1v) is 5.91. The fourth-order valence-corrected chi connectivity index (χ4v) is 1.88. The van der Waals surface area contributed by atoms with Gasteiger partial charge in [-0.1, -0.05) is 34.8 Å². The van der Waals surface area contributed by atoms with E-state index in [0.29, 0.717) is 10.7 Å². The van der Waals surface area contributed by atoms with Crippen LogP contribution in [0.5, 0.6) is 0 Å². The molecule has 1 amide bonds. The minimum absolute atomic E-state index is 0.0758. The monoisotopic (exact) mass is 304 g/mol. The summed E-state index contributed by atoms with van der Waals surface area (Å²) in [5.74, 6) is -0.236. The first-order chi connectivity index (χ1) is 8.49. The first-order valence-electron chi connectivity index (χ1n) is 4.78. The fourth-order valence-electron chi connectivity index (χ4n) is 1.36. The Morgan fingerprint density at radius 2 is 2.06 bits per heavy atom. The Balaban J connectivity index is 2.27.